The summed E-state index contributed by atoms with van der Waals surface area (Å²) in [5, 5.41) is 6.60. The lowest BCUT2D eigenvalue weighted by molar-refractivity contribution is -0.128. The van der Waals surface area contributed by atoms with Crippen molar-refractivity contribution in [2.75, 3.05) is 20.1 Å². The molecule has 0 fully saturated rings. The highest BCUT2D eigenvalue weighted by atomic mass is 127. The Morgan fingerprint density at radius 2 is 2.12 bits per heavy atom. The van der Waals surface area contributed by atoms with Crippen LogP contribution in [-0.2, 0) is 13.0 Å². The Labute approximate surface area is 159 Å². The number of hydrogen-bond acceptors (Lipinski definition) is 6. The molecule has 2 heterocycles. The van der Waals surface area contributed by atoms with Gasteiger partial charge in [0.05, 0.1) is 6.54 Å². The molecule has 136 valence electrons. The van der Waals surface area contributed by atoms with Crippen LogP contribution in [0.2, 0.25) is 0 Å². The first kappa shape index (κ1) is 19.5. The summed E-state index contributed by atoms with van der Waals surface area (Å²) in [5.41, 5.74) is 1.52. The van der Waals surface area contributed by atoms with Crippen molar-refractivity contribution in [1.29, 1.82) is 0 Å². The third-order valence-corrected chi connectivity index (χ3v) is 3.51. The van der Waals surface area contributed by atoms with Gasteiger partial charge in [-0.25, -0.2) is 0 Å². The van der Waals surface area contributed by atoms with Crippen LogP contribution in [0, 0.1) is 0 Å². The molecule has 0 unspecified atom stereocenters. The van der Waals surface area contributed by atoms with Crippen molar-refractivity contribution in [3.8, 4) is 11.5 Å². The molecule has 0 amide bonds. The molecule has 10 heteroatoms. The second kappa shape index (κ2) is 8.02. The zero-order valence-corrected chi connectivity index (χ0v) is 15.7. The van der Waals surface area contributed by atoms with E-state index in [1.807, 2.05) is 18.0 Å². The largest absolute Gasteiger partial charge is 0.396 e. The van der Waals surface area contributed by atoms with Crippen molar-refractivity contribution in [3.05, 3.63) is 35.7 Å². The fourth-order valence-electron chi connectivity index (χ4n) is 2.34. The SMILES string of the molecule is CN1CCN=C1NCc1cccc(-c2nc(CC(F)(F)F)no2)c1.I. The summed E-state index contributed by atoms with van der Waals surface area (Å²) in [6.07, 6.45) is -5.56. The van der Waals surface area contributed by atoms with Crippen LogP contribution in [0.1, 0.15) is 11.4 Å². The minimum atomic E-state index is -4.36. The predicted molar refractivity (Wildman–Crippen MR) is 96.7 cm³/mol. The van der Waals surface area contributed by atoms with E-state index in [9.17, 15) is 13.2 Å². The number of aromatic nitrogens is 2. The Bertz CT molecular complexity index is 747. The molecule has 25 heavy (non-hydrogen) atoms. The summed E-state index contributed by atoms with van der Waals surface area (Å²) in [4.78, 5) is 10.2. The van der Waals surface area contributed by atoms with Crippen molar-refractivity contribution in [3.63, 3.8) is 0 Å². The predicted octanol–water partition coefficient (Wildman–Crippen LogP) is 2.85. The minimum Gasteiger partial charge on any atom is -0.352 e. The molecule has 1 aromatic carbocycles. The highest BCUT2D eigenvalue weighted by Gasteiger charge is 2.30. The molecule has 0 spiro atoms. The number of hydrogen-bond donors (Lipinski definition) is 1. The first-order valence-electron chi connectivity index (χ1n) is 7.39. The number of guanidine groups is 1. The van der Waals surface area contributed by atoms with Gasteiger partial charge in [0.15, 0.2) is 11.8 Å². The standard InChI is InChI=1S/C15H16F3N5O.HI/c1-23-6-5-19-14(23)20-9-10-3-2-4-11(7-10)13-21-12(22-24-13)8-15(16,17)18;/h2-4,7H,5-6,8-9H2,1H3,(H,19,20);1H. The monoisotopic (exact) mass is 467 g/mol. The highest BCUT2D eigenvalue weighted by molar-refractivity contribution is 14.0. The molecule has 0 atom stereocenters. The minimum absolute atomic E-state index is 0. The van der Waals surface area contributed by atoms with Gasteiger partial charge in [0, 0.05) is 25.7 Å². The smallest absolute Gasteiger partial charge is 0.352 e. The van der Waals surface area contributed by atoms with Crippen molar-refractivity contribution < 1.29 is 17.7 Å². The van der Waals surface area contributed by atoms with Gasteiger partial charge in [-0.1, -0.05) is 17.3 Å². The summed E-state index contributed by atoms with van der Waals surface area (Å²) in [6.45, 7) is 2.19. The summed E-state index contributed by atoms with van der Waals surface area (Å²) < 4.78 is 42.0. The van der Waals surface area contributed by atoms with Crippen LogP contribution < -0.4 is 5.32 Å². The van der Waals surface area contributed by atoms with E-state index >= 15 is 0 Å². The molecule has 1 aliphatic heterocycles. The maximum Gasteiger partial charge on any atom is 0.396 e. The Morgan fingerprint density at radius 1 is 1.32 bits per heavy atom. The van der Waals surface area contributed by atoms with Gasteiger partial charge in [0.25, 0.3) is 5.89 Å². The van der Waals surface area contributed by atoms with Gasteiger partial charge in [-0.2, -0.15) is 18.2 Å². The van der Waals surface area contributed by atoms with E-state index in [1.54, 1.807) is 18.2 Å². The average Bonchev–Trinajstić information content (AvgIpc) is 3.13. The fourth-order valence-corrected chi connectivity index (χ4v) is 2.34. The molecular formula is C15H17F3IN5O. The van der Waals surface area contributed by atoms with E-state index < -0.39 is 12.6 Å². The molecular weight excluding hydrogens is 450 g/mol. The van der Waals surface area contributed by atoms with Crippen molar-refractivity contribution in [2.24, 2.45) is 4.99 Å². The second-order valence-corrected chi connectivity index (χ2v) is 5.49. The Morgan fingerprint density at radius 3 is 2.80 bits per heavy atom. The molecule has 2 aromatic rings. The lowest BCUT2D eigenvalue weighted by Crippen LogP contribution is -2.35. The zero-order valence-electron chi connectivity index (χ0n) is 13.4. The van der Waals surface area contributed by atoms with E-state index in [-0.39, 0.29) is 35.7 Å². The molecule has 0 saturated carbocycles. The van der Waals surface area contributed by atoms with Gasteiger partial charge >= 0.3 is 6.18 Å². The van der Waals surface area contributed by atoms with E-state index in [0.717, 1.165) is 24.6 Å². The third-order valence-electron chi connectivity index (χ3n) is 3.51. The van der Waals surface area contributed by atoms with E-state index in [2.05, 4.69) is 20.4 Å². The number of halogens is 4. The average molecular weight is 467 g/mol. The summed E-state index contributed by atoms with van der Waals surface area (Å²) in [6, 6.07) is 7.21. The van der Waals surface area contributed by atoms with Crippen LogP contribution in [0.5, 0.6) is 0 Å². The number of alkyl halides is 3. The number of rotatable bonds is 4. The summed E-state index contributed by atoms with van der Waals surface area (Å²) >= 11 is 0. The van der Waals surface area contributed by atoms with E-state index in [0.29, 0.717) is 12.1 Å². The van der Waals surface area contributed by atoms with Crippen LogP contribution in [0.4, 0.5) is 13.2 Å². The summed E-state index contributed by atoms with van der Waals surface area (Å²) in [7, 11) is 1.95. The second-order valence-electron chi connectivity index (χ2n) is 5.49. The van der Waals surface area contributed by atoms with Crippen LogP contribution in [-0.4, -0.2) is 47.3 Å². The van der Waals surface area contributed by atoms with Gasteiger partial charge in [-0.3, -0.25) is 4.99 Å². The quantitative estimate of drug-likeness (QED) is 0.701. The zero-order chi connectivity index (χ0) is 17.2. The topological polar surface area (TPSA) is 66.5 Å². The number of likely N-dealkylation sites (N-methyl/N-ethyl adjacent to an activating group) is 1. The first-order chi connectivity index (χ1) is 11.4. The van der Waals surface area contributed by atoms with Crippen molar-refractivity contribution in [1.82, 2.24) is 20.4 Å². The van der Waals surface area contributed by atoms with Gasteiger partial charge in [-0.15, -0.1) is 24.0 Å². The van der Waals surface area contributed by atoms with Gasteiger partial charge < -0.3 is 14.7 Å². The third kappa shape index (κ3) is 5.31. The van der Waals surface area contributed by atoms with Crippen LogP contribution in [0.3, 0.4) is 0 Å². The van der Waals surface area contributed by atoms with Crippen LogP contribution in [0.25, 0.3) is 11.5 Å². The van der Waals surface area contributed by atoms with Crippen molar-refractivity contribution in [2.45, 2.75) is 19.1 Å². The molecule has 1 aromatic heterocycles. The fraction of sp³-hybridized carbons (Fsp3) is 0.400. The van der Waals surface area contributed by atoms with Gasteiger partial charge in [-0.05, 0) is 17.7 Å². The number of nitrogens with zero attached hydrogens (tertiary/aromatic N) is 4. The molecule has 1 N–H and O–H groups in total. The lowest BCUT2D eigenvalue weighted by Gasteiger charge is -2.15. The Kier molecular flexibility index (Phi) is 6.25. The number of benzene rings is 1. The van der Waals surface area contributed by atoms with Crippen LogP contribution >= 0.6 is 24.0 Å². The summed E-state index contributed by atoms with van der Waals surface area (Å²) in [5.74, 6) is 0.528. The number of nitrogens with one attached hydrogen (secondary N) is 1. The molecule has 0 radical (unpaired) electrons. The maximum absolute atomic E-state index is 12.4. The van der Waals surface area contributed by atoms with Crippen molar-refractivity contribution >= 4 is 29.9 Å². The first-order valence-corrected chi connectivity index (χ1v) is 7.39. The van der Waals surface area contributed by atoms with E-state index in [1.165, 1.54) is 0 Å². The Balaban J connectivity index is 0.00000225. The highest BCUT2D eigenvalue weighted by Crippen LogP contribution is 2.23. The molecule has 6 nitrogen and oxygen atoms in total. The molecule has 1 aliphatic rings. The Hall–Kier alpha value is -1.85. The molecule has 0 aliphatic carbocycles. The molecule has 3 rings (SSSR count). The molecule has 0 bridgehead atoms. The van der Waals surface area contributed by atoms with Crippen LogP contribution in [0.15, 0.2) is 33.8 Å². The lowest BCUT2D eigenvalue weighted by atomic mass is 10.1. The van der Waals surface area contributed by atoms with Gasteiger partial charge in [0.2, 0.25) is 0 Å². The van der Waals surface area contributed by atoms with Gasteiger partial charge in [0.1, 0.15) is 6.42 Å². The normalized spacial score (nSPS) is 14.2. The number of aliphatic imine (C=N–C) groups is 1. The maximum atomic E-state index is 12.4. The molecule has 0 saturated heterocycles. The van der Waals surface area contributed by atoms with E-state index in [4.69, 9.17) is 4.52 Å².